The number of alkyl carbamates (subject to hydrolysis) is 1. The Balaban J connectivity index is 1.69. The van der Waals surface area contributed by atoms with Crippen LogP contribution in [0.2, 0.25) is 0 Å². The molecule has 2 aliphatic heterocycles. The molecule has 2 atom stereocenters. The number of aromatic nitrogens is 1. The minimum absolute atomic E-state index is 0.125. The van der Waals surface area contributed by atoms with Crippen LogP contribution in [-0.2, 0) is 22.5 Å². The molecular formula is C20H31N5O5S. The zero-order chi connectivity index (χ0) is 22.8. The summed E-state index contributed by atoms with van der Waals surface area (Å²) in [5.74, 6) is -0.812. The van der Waals surface area contributed by atoms with E-state index in [1.807, 2.05) is 7.05 Å². The molecule has 0 aliphatic carbocycles. The van der Waals surface area contributed by atoms with Gasteiger partial charge in [-0.3, -0.25) is 9.59 Å². The SMILES string of the molecule is CN1CCc2nc(C(=O)NC(CNC(=O)OC(C)(C)C)C(=O)N3CC[C@@H](O)C3)sc2C1. The zero-order valence-corrected chi connectivity index (χ0v) is 19.3. The molecule has 2 aliphatic rings. The van der Waals surface area contributed by atoms with Crippen LogP contribution in [0.3, 0.4) is 0 Å². The van der Waals surface area contributed by atoms with Crippen molar-refractivity contribution in [2.75, 3.05) is 33.2 Å². The number of nitrogens with zero attached hydrogens (tertiary/aromatic N) is 3. The van der Waals surface area contributed by atoms with Crippen molar-refractivity contribution in [3.05, 3.63) is 15.6 Å². The van der Waals surface area contributed by atoms with E-state index in [1.165, 1.54) is 16.2 Å². The number of fused-ring (bicyclic) bond motifs is 1. The molecule has 3 heterocycles. The molecule has 1 unspecified atom stereocenters. The van der Waals surface area contributed by atoms with E-state index in [-0.39, 0.29) is 19.0 Å². The number of carbonyl (C=O) groups is 3. The lowest BCUT2D eigenvalue weighted by molar-refractivity contribution is -0.132. The Labute approximate surface area is 185 Å². The van der Waals surface area contributed by atoms with Gasteiger partial charge in [0.05, 0.1) is 18.3 Å². The molecule has 1 aromatic heterocycles. The second-order valence-electron chi connectivity index (χ2n) is 9.01. The number of amides is 3. The quantitative estimate of drug-likeness (QED) is 0.588. The van der Waals surface area contributed by atoms with Crippen molar-refractivity contribution >= 4 is 29.2 Å². The highest BCUT2D eigenvalue weighted by molar-refractivity contribution is 7.13. The van der Waals surface area contributed by atoms with Crippen LogP contribution in [-0.4, -0.2) is 88.8 Å². The van der Waals surface area contributed by atoms with E-state index in [4.69, 9.17) is 4.74 Å². The molecule has 0 radical (unpaired) electrons. The number of β-amino-alcohol motifs (C(OH)–C–C–N with tert-alkyl or cyclic N) is 1. The Kier molecular flexibility index (Phi) is 7.17. The van der Waals surface area contributed by atoms with Crippen LogP contribution in [0.15, 0.2) is 0 Å². The predicted octanol–water partition coefficient (Wildman–Crippen LogP) is 0.347. The Hall–Kier alpha value is -2.24. The summed E-state index contributed by atoms with van der Waals surface area (Å²) in [5, 5.41) is 15.3. The van der Waals surface area contributed by atoms with Crippen LogP contribution >= 0.6 is 11.3 Å². The fraction of sp³-hybridized carbons (Fsp3) is 0.700. The molecular weight excluding hydrogens is 422 g/mol. The van der Waals surface area contributed by atoms with Crippen molar-refractivity contribution in [2.45, 2.75) is 57.9 Å². The summed E-state index contributed by atoms with van der Waals surface area (Å²) < 4.78 is 5.22. The van der Waals surface area contributed by atoms with Crippen LogP contribution in [0.4, 0.5) is 4.79 Å². The lowest BCUT2D eigenvalue weighted by Gasteiger charge is -2.25. The average molecular weight is 454 g/mol. The van der Waals surface area contributed by atoms with Crippen molar-refractivity contribution in [2.24, 2.45) is 0 Å². The summed E-state index contributed by atoms with van der Waals surface area (Å²) in [6.07, 6.45) is 0.0122. The fourth-order valence-electron chi connectivity index (χ4n) is 3.50. The molecule has 0 saturated carbocycles. The van der Waals surface area contributed by atoms with Gasteiger partial charge in [-0.15, -0.1) is 11.3 Å². The standard InChI is InChI=1S/C20H31N5O5S/c1-20(2,3)30-19(29)21-9-14(18(28)25-8-5-12(26)10-25)22-16(27)17-23-13-6-7-24(4)11-15(13)31-17/h12,14,26H,5-11H2,1-4H3,(H,21,29)(H,22,27)/t12-,14?/m1/s1. The topological polar surface area (TPSA) is 124 Å². The van der Waals surface area contributed by atoms with Gasteiger partial charge in [0.1, 0.15) is 11.6 Å². The van der Waals surface area contributed by atoms with Gasteiger partial charge >= 0.3 is 6.09 Å². The smallest absolute Gasteiger partial charge is 0.407 e. The third-order valence-electron chi connectivity index (χ3n) is 5.04. The van der Waals surface area contributed by atoms with Crippen LogP contribution < -0.4 is 10.6 Å². The number of carbonyl (C=O) groups excluding carboxylic acids is 3. The Morgan fingerprint density at radius 2 is 2.06 bits per heavy atom. The maximum absolute atomic E-state index is 13.0. The average Bonchev–Trinajstić information content (AvgIpc) is 3.28. The van der Waals surface area contributed by atoms with Gasteiger partial charge < -0.3 is 30.3 Å². The number of aliphatic hydroxyl groups is 1. The molecule has 1 saturated heterocycles. The van der Waals surface area contributed by atoms with Gasteiger partial charge in [-0.05, 0) is 34.2 Å². The van der Waals surface area contributed by atoms with E-state index in [2.05, 4.69) is 20.5 Å². The van der Waals surface area contributed by atoms with Crippen LogP contribution in [0.25, 0.3) is 0 Å². The molecule has 11 heteroatoms. The molecule has 172 valence electrons. The minimum atomic E-state index is -0.992. The number of rotatable bonds is 5. The van der Waals surface area contributed by atoms with E-state index in [0.29, 0.717) is 18.0 Å². The van der Waals surface area contributed by atoms with Crippen molar-refractivity contribution in [3.8, 4) is 0 Å². The number of likely N-dealkylation sites (N-methyl/N-ethyl adjacent to an activating group) is 1. The third-order valence-corrected chi connectivity index (χ3v) is 6.13. The summed E-state index contributed by atoms with van der Waals surface area (Å²) in [4.78, 5) is 47.1. The van der Waals surface area contributed by atoms with Crippen molar-refractivity contribution in [1.29, 1.82) is 0 Å². The van der Waals surface area contributed by atoms with Crippen molar-refractivity contribution in [3.63, 3.8) is 0 Å². The molecule has 3 rings (SSSR count). The Morgan fingerprint density at radius 3 is 2.71 bits per heavy atom. The normalized spacial score (nSPS) is 20.2. The molecule has 1 aromatic rings. The summed E-state index contributed by atoms with van der Waals surface area (Å²) in [6, 6.07) is -0.992. The van der Waals surface area contributed by atoms with E-state index < -0.39 is 29.7 Å². The van der Waals surface area contributed by atoms with E-state index >= 15 is 0 Å². The van der Waals surface area contributed by atoms with E-state index in [9.17, 15) is 19.5 Å². The fourth-order valence-corrected chi connectivity index (χ4v) is 4.59. The predicted molar refractivity (Wildman–Crippen MR) is 115 cm³/mol. The van der Waals surface area contributed by atoms with E-state index in [1.54, 1.807) is 20.8 Å². The van der Waals surface area contributed by atoms with Crippen LogP contribution in [0.1, 0.15) is 47.6 Å². The van der Waals surface area contributed by atoms with Gasteiger partial charge in [0, 0.05) is 37.5 Å². The zero-order valence-electron chi connectivity index (χ0n) is 18.4. The summed E-state index contributed by atoms with van der Waals surface area (Å²) >= 11 is 1.32. The van der Waals surface area contributed by atoms with Crippen LogP contribution in [0.5, 0.6) is 0 Å². The number of aliphatic hydroxyl groups excluding tert-OH is 1. The van der Waals surface area contributed by atoms with Gasteiger partial charge in [0.25, 0.3) is 5.91 Å². The molecule has 10 nitrogen and oxygen atoms in total. The monoisotopic (exact) mass is 453 g/mol. The maximum Gasteiger partial charge on any atom is 0.407 e. The van der Waals surface area contributed by atoms with Gasteiger partial charge in [-0.25, -0.2) is 9.78 Å². The van der Waals surface area contributed by atoms with Gasteiger partial charge in [0.2, 0.25) is 5.91 Å². The molecule has 0 bridgehead atoms. The maximum atomic E-state index is 13.0. The number of hydrogen-bond acceptors (Lipinski definition) is 8. The van der Waals surface area contributed by atoms with E-state index in [0.717, 1.165) is 30.1 Å². The molecule has 31 heavy (non-hydrogen) atoms. The molecule has 0 spiro atoms. The first-order valence-corrected chi connectivity index (χ1v) is 11.2. The first-order valence-electron chi connectivity index (χ1n) is 10.4. The number of hydrogen-bond donors (Lipinski definition) is 3. The molecule has 0 aromatic carbocycles. The first-order chi connectivity index (χ1) is 14.5. The van der Waals surface area contributed by atoms with Crippen molar-refractivity contribution in [1.82, 2.24) is 25.4 Å². The third kappa shape index (κ3) is 6.37. The number of likely N-dealkylation sites (tertiary alicyclic amines) is 1. The van der Waals surface area contributed by atoms with Gasteiger partial charge in [-0.1, -0.05) is 0 Å². The highest BCUT2D eigenvalue weighted by Crippen LogP contribution is 2.24. The summed E-state index contributed by atoms with van der Waals surface area (Å²) in [7, 11) is 2.02. The highest BCUT2D eigenvalue weighted by atomic mass is 32.1. The number of thiazole rings is 1. The lowest BCUT2D eigenvalue weighted by atomic mass is 10.2. The first kappa shape index (κ1) is 23.4. The minimum Gasteiger partial charge on any atom is -0.444 e. The van der Waals surface area contributed by atoms with Crippen LogP contribution in [0, 0.1) is 0 Å². The summed E-state index contributed by atoms with van der Waals surface area (Å²) in [6.45, 7) is 7.33. The largest absolute Gasteiger partial charge is 0.444 e. The second-order valence-corrected chi connectivity index (χ2v) is 10.1. The molecule has 3 N–H and O–H groups in total. The van der Waals surface area contributed by atoms with Gasteiger partial charge in [-0.2, -0.15) is 0 Å². The Morgan fingerprint density at radius 1 is 1.32 bits per heavy atom. The summed E-state index contributed by atoms with van der Waals surface area (Å²) in [5.41, 5.74) is 0.240. The Bertz CT molecular complexity index is 836. The highest BCUT2D eigenvalue weighted by Gasteiger charge is 2.33. The molecule has 1 fully saturated rings. The second kappa shape index (κ2) is 9.49. The number of ether oxygens (including phenoxy) is 1. The molecule has 3 amide bonds. The van der Waals surface area contributed by atoms with Crippen molar-refractivity contribution < 1.29 is 24.2 Å². The lowest BCUT2D eigenvalue weighted by Crippen LogP contribution is -2.53. The number of nitrogens with one attached hydrogen (secondary N) is 2. The van der Waals surface area contributed by atoms with Gasteiger partial charge in [0.15, 0.2) is 5.01 Å².